The van der Waals surface area contributed by atoms with Crippen LogP contribution >= 0.6 is 27.5 Å². The van der Waals surface area contributed by atoms with Gasteiger partial charge in [-0.1, -0.05) is 17.7 Å². The van der Waals surface area contributed by atoms with Crippen LogP contribution < -0.4 is 0 Å². The zero-order chi connectivity index (χ0) is 9.35. The minimum atomic E-state index is -4.69. The molecule has 0 aliphatic carbocycles. The second-order valence-electron chi connectivity index (χ2n) is 1.99. The molecule has 1 aromatic rings. The summed E-state index contributed by atoms with van der Waals surface area (Å²) in [6, 6.07) is 3.95. The molecule has 0 radical (unpaired) electrons. The maximum atomic E-state index is 12.4. The van der Waals surface area contributed by atoms with Crippen LogP contribution in [-0.2, 0) is 10.2 Å². The van der Waals surface area contributed by atoms with Crippen molar-refractivity contribution in [1.29, 1.82) is 0 Å². The van der Waals surface area contributed by atoms with E-state index in [1.54, 1.807) is 0 Å². The van der Waals surface area contributed by atoms with E-state index in [1.807, 2.05) is 0 Å². The molecular formula is C6H3BrClFO2S. The van der Waals surface area contributed by atoms with Crippen LogP contribution in [0.3, 0.4) is 0 Å². The van der Waals surface area contributed by atoms with Crippen LogP contribution in [0.2, 0.25) is 5.02 Å². The number of rotatable bonds is 1. The van der Waals surface area contributed by atoms with E-state index in [2.05, 4.69) is 15.9 Å². The van der Waals surface area contributed by atoms with Crippen molar-refractivity contribution in [1.82, 2.24) is 0 Å². The molecule has 0 atom stereocenters. The van der Waals surface area contributed by atoms with Gasteiger partial charge in [-0.15, -0.1) is 3.89 Å². The molecule has 6 heteroatoms. The van der Waals surface area contributed by atoms with Crippen molar-refractivity contribution >= 4 is 37.8 Å². The number of halogens is 3. The van der Waals surface area contributed by atoms with Crippen molar-refractivity contribution in [3.63, 3.8) is 0 Å². The largest absolute Gasteiger partial charge is 0.333 e. The van der Waals surface area contributed by atoms with Crippen molar-refractivity contribution in [3.05, 3.63) is 27.7 Å². The summed E-state index contributed by atoms with van der Waals surface area (Å²) >= 11 is 8.41. The topological polar surface area (TPSA) is 34.1 Å². The van der Waals surface area contributed by atoms with Crippen LogP contribution in [0.15, 0.2) is 27.6 Å². The smallest absolute Gasteiger partial charge is 0.189 e. The molecule has 0 saturated carbocycles. The summed E-state index contributed by atoms with van der Waals surface area (Å²) in [7, 11) is -4.69. The van der Waals surface area contributed by atoms with Gasteiger partial charge in [-0.3, -0.25) is 0 Å². The molecule has 0 amide bonds. The van der Waals surface area contributed by atoms with E-state index in [0.29, 0.717) is 0 Å². The van der Waals surface area contributed by atoms with Gasteiger partial charge in [-0.2, -0.15) is 8.42 Å². The van der Waals surface area contributed by atoms with Crippen LogP contribution in [-0.4, -0.2) is 8.42 Å². The van der Waals surface area contributed by atoms with Crippen LogP contribution in [0.4, 0.5) is 3.89 Å². The van der Waals surface area contributed by atoms with Gasteiger partial charge in [0.1, 0.15) is 4.90 Å². The van der Waals surface area contributed by atoms with Crippen molar-refractivity contribution < 1.29 is 12.3 Å². The van der Waals surface area contributed by atoms with Crippen LogP contribution in [0, 0.1) is 0 Å². The van der Waals surface area contributed by atoms with E-state index in [9.17, 15) is 12.3 Å². The molecule has 0 N–H and O–H groups in total. The highest BCUT2D eigenvalue weighted by atomic mass is 79.9. The van der Waals surface area contributed by atoms with E-state index in [4.69, 9.17) is 11.6 Å². The first-order valence-corrected chi connectivity index (χ1v) is 5.37. The third-order valence-corrected chi connectivity index (χ3v) is 3.70. The maximum absolute atomic E-state index is 12.4. The van der Waals surface area contributed by atoms with E-state index in [0.717, 1.165) is 6.07 Å². The third-order valence-electron chi connectivity index (χ3n) is 1.18. The summed E-state index contributed by atoms with van der Waals surface area (Å²) in [5.74, 6) is 0. The van der Waals surface area contributed by atoms with Crippen molar-refractivity contribution in [3.8, 4) is 0 Å². The van der Waals surface area contributed by atoms with Gasteiger partial charge < -0.3 is 0 Å². The second-order valence-corrected chi connectivity index (χ2v) is 4.51. The summed E-state index contributed by atoms with van der Waals surface area (Å²) in [5, 5.41) is 0.161. The summed E-state index contributed by atoms with van der Waals surface area (Å²) in [5.41, 5.74) is 0. The van der Waals surface area contributed by atoms with Crippen LogP contribution in [0.25, 0.3) is 0 Å². The molecule has 12 heavy (non-hydrogen) atoms. The first-order chi connectivity index (χ1) is 5.43. The summed E-state index contributed by atoms with van der Waals surface area (Å²) in [4.78, 5) is -0.449. The van der Waals surface area contributed by atoms with E-state index < -0.39 is 15.1 Å². The lowest BCUT2D eigenvalue weighted by Crippen LogP contribution is -1.92. The molecule has 0 spiro atoms. The molecule has 0 aliphatic heterocycles. The molecule has 66 valence electrons. The molecule has 2 nitrogen and oxygen atoms in total. The zero-order valence-electron chi connectivity index (χ0n) is 5.59. The zero-order valence-corrected chi connectivity index (χ0v) is 8.75. The summed E-state index contributed by atoms with van der Waals surface area (Å²) in [6.07, 6.45) is 0. The first kappa shape index (κ1) is 9.95. The Labute approximate surface area is 82.7 Å². The number of benzene rings is 1. The van der Waals surface area contributed by atoms with Gasteiger partial charge in [0.05, 0.1) is 9.50 Å². The predicted molar refractivity (Wildman–Crippen MR) is 47.4 cm³/mol. The van der Waals surface area contributed by atoms with Crippen molar-refractivity contribution in [2.24, 2.45) is 0 Å². The van der Waals surface area contributed by atoms with E-state index in [-0.39, 0.29) is 9.50 Å². The minimum Gasteiger partial charge on any atom is -0.189 e. The Bertz CT molecular complexity index is 404. The highest BCUT2D eigenvalue weighted by molar-refractivity contribution is 9.10. The average molecular weight is 274 g/mol. The molecule has 0 saturated heterocycles. The monoisotopic (exact) mass is 272 g/mol. The Morgan fingerprint density at radius 3 is 2.42 bits per heavy atom. The normalized spacial score (nSPS) is 11.6. The Morgan fingerprint density at radius 1 is 1.42 bits per heavy atom. The van der Waals surface area contributed by atoms with Gasteiger partial charge in [-0.05, 0) is 28.1 Å². The Balaban J connectivity index is 3.47. The molecule has 0 bridgehead atoms. The van der Waals surface area contributed by atoms with E-state index in [1.165, 1.54) is 12.1 Å². The molecule has 0 heterocycles. The SMILES string of the molecule is O=S(=O)(F)c1cccc(Cl)c1Br. The Kier molecular flexibility index (Phi) is 2.75. The highest BCUT2D eigenvalue weighted by Crippen LogP contribution is 2.30. The summed E-state index contributed by atoms with van der Waals surface area (Å²) < 4.78 is 33.4. The lowest BCUT2D eigenvalue weighted by molar-refractivity contribution is 0.551. The third kappa shape index (κ3) is 1.97. The molecular weight excluding hydrogens is 270 g/mol. The highest BCUT2D eigenvalue weighted by Gasteiger charge is 2.17. The minimum absolute atomic E-state index is 0.0502. The fraction of sp³-hybridized carbons (Fsp3) is 0. The van der Waals surface area contributed by atoms with E-state index >= 15 is 0 Å². The lowest BCUT2D eigenvalue weighted by atomic mass is 10.4. The van der Waals surface area contributed by atoms with Crippen molar-refractivity contribution in [2.75, 3.05) is 0 Å². The lowest BCUT2D eigenvalue weighted by Gasteiger charge is -1.99. The van der Waals surface area contributed by atoms with Gasteiger partial charge >= 0.3 is 10.2 Å². The molecule has 0 unspecified atom stereocenters. The van der Waals surface area contributed by atoms with Gasteiger partial charge in [-0.25, -0.2) is 0 Å². The second kappa shape index (κ2) is 3.32. The summed E-state index contributed by atoms with van der Waals surface area (Å²) in [6.45, 7) is 0. The molecule has 0 aliphatic rings. The average Bonchev–Trinajstić information content (AvgIpc) is 1.92. The van der Waals surface area contributed by atoms with Gasteiger partial charge in [0.2, 0.25) is 0 Å². The number of hydrogen-bond acceptors (Lipinski definition) is 2. The molecule has 1 aromatic carbocycles. The van der Waals surface area contributed by atoms with Crippen LogP contribution in [0.5, 0.6) is 0 Å². The molecule has 0 fully saturated rings. The standard InChI is InChI=1S/C6H3BrClFO2S/c7-6-4(8)2-1-3-5(6)12(9,10)11/h1-3H. The number of hydrogen-bond donors (Lipinski definition) is 0. The van der Waals surface area contributed by atoms with Gasteiger partial charge in [0.15, 0.2) is 0 Å². The Hall–Kier alpha value is -0.130. The van der Waals surface area contributed by atoms with Crippen LogP contribution in [0.1, 0.15) is 0 Å². The predicted octanol–water partition coefficient (Wildman–Crippen LogP) is 2.76. The van der Waals surface area contributed by atoms with Gasteiger partial charge in [0, 0.05) is 0 Å². The van der Waals surface area contributed by atoms with Gasteiger partial charge in [0.25, 0.3) is 0 Å². The first-order valence-electron chi connectivity index (χ1n) is 2.81. The molecule has 1 rings (SSSR count). The van der Waals surface area contributed by atoms with Crippen molar-refractivity contribution in [2.45, 2.75) is 4.90 Å². The quantitative estimate of drug-likeness (QED) is 0.737. The fourth-order valence-electron chi connectivity index (χ4n) is 0.672. The maximum Gasteiger partial charge on any atom is 0.333 e. The Morgan fingerprint density at radius 2 is 2.00 bits per heavy atom. The fourth-order valence-corrected chi connectivity index (χ4v) is 2.31. The molecule has 0 aromatic heterocycles.